The highest BCUT2D eigenvalue weighted by Gasteiger charge is 2.68. The minimum atomic E-state index is -0.780. The lowest BCUT2D eigenvalue weighted by atomic mass is 10.0. The van der Waals surface area contributed by atoms with Gasteiger partial charge in [0.25, 0.3) is 0 Å². The van der Waals surface area contributed by atoms with E-state index >= 15 is 0 Å². The van der Waals surface area contributed by atoms with Crippen molar-refractivity contribution in [2.24, 2.45) is 17.8 Å². The summed E-state index contributed by atoms with van der Waals surface area (Å²) in [5, 5.41) is 0. The van der Waals surface area contributed by atoms with Crippen LogP contribution in [0.2, 0.25) is 0 Å². The molecule has 1 aliphatic carbocycles. The molecular formula is C14H11FO4. The van der Waals surface area contributed by atoms with Gasteiger partial charge in [0.05, 0.1) is 12.7 Å². The molecule has 0 aromatic heterocycles. The Bertz CT molecular complexity index is 567. The third-order valence-electron chi connectivity index (χ3n) is 4.21. The Morgan fingerprint density at radius 2 is 2.00 bits per heavy atom. The van der Waals surface area contributed by atoms with Crippen LogP contribution >= 0.6 is 0 Å². The van der Waals surface area contributed by atoms with E-state index in [4.69, 9.17) is 9.47 Å². The fraction of sp³-hybridized carbons (Fsp3) is 0.429. The Balaban J connectivity index is 1.60. The first-order chi connectivity index (χ1) is 9.16. The summed E-state index contributed by atoms with van der Waals surface area (Å²) in [5.41, 5.74) is 0.449. The number of carbonyl (C=O) groups is 2. The lowest BCUT2D eigenvalue weighted by Gasteiger charge is -2.14. The van der Waals surface area contributed by atoms with Gasteiger partial charge in [-0.05, 0) is 24.3 Å². The van der Waals surface area contributed by atoms with E-state index in [9.17, 15) is 14.0 Å². The molecule has 0 radical (unpaired) electrons. The number of benzene rings is 1. The second kappa shape index (κ2) is 3.71. The summed E-state index contributed by atoms with van der Waals surface area (Å²) >= 11 is 0. The quantitative estimate of drug-likeness (QED) is 0.751. The van der Waals surface area contributed by atoms with E-state index in [2.05, 4.69) is 0 Å². The Morgan fingerprint density at radius 3 is 2.74 bits per heavy atom. The Labute approximate surface area is 108 Å². The molecule has 0 amide bonds. The first-order valence-corrected chi connectivity index (χ1v) is 6.27. The lowest BCUT2D eigenvalue weighted by Crippen LogP contribution is -2.30. The Morgan fingerprint density at radius 1 is 1.26 bits per heavy atom. The van der Waals surface area contributed by atoms with Gasteiger partial charge in [-0.25, -0.2) is 4.39 Å². The number of ether oxygens (including phenoxy) is 2. The number of ketones is 2. The molecule has 98 valence electrons. The fourth-order valence-electron chi connectivity index (χ4n) is 3.24. The second-order valence-electron chi connectivity index (χ2n) is 5.24. The molecule has 4 nitrogen and oxygen atoms in total. The van der Waals surface area contributed by atoms with Crippen LogP contribution in [-0.2, 0) is 14.3 Å². The monoisotopic (exact) mass is 262 g/mol. The molecule has 1 saturated carbocycles. The number of carbonyl (C=O) groups excluding carboxylic acids is 2. The van der Waals surface area contributed by atoms with Gasteiger partial charge >= 0.3 is 0 Å². The molecule has 2 unspecified atom stereocenters. The standard InChI is InChI=1S/C14H11FO4/c15-7-3-1-6(2-4-7)12(16)10-9-8-5-18-14(19-8)13(17)11(9)10/h1-4,8-11,14H,5H2/t8?,9-,10+,11-,14?/m1/s1. The van der Waals surface area contributed by atoms with E-state index in [1.54, 1.807) is 0 Å². The molecule has 19 heavy (non-hydrogen) atoms. The first-order valence-electron chi connectivity index (χ1n) is 6.27. The normalized spacial score (nSPS) is 39.0. The predicted molar refractivity (Wildman–Crippen MR) is 60.8 cm³/mol. The number of hydrogen-bond donors (Lipinski definition) is 0. The molecular weight excluding hydrogens is 251 g/mol. The van der Waals surface area contributed by atoms with E-state index in [-0.39, 0.29) is 41.2 Å². The first kappa shape index (κ1) is 11.3. The van der Waals surface area contributed by atoms with Crippen molar-refractivity contribution in [1.29, 1.82) is 0 Å². The van der Waals surface area contributed by atoms with E-state index in [0.717, 1.165) is 0 Å². The third kappa shape index (κ3) is 1.52. The zero-order valence-corrected chi connectivity index (χ0v) is 9.91. The van der Waals surface area contributed by atoms with E-state index < -0.39 is 6.29 Å². The van der Waals surface area contributed by atoms with Crippen LogP contribution in [0.15, 0.2) is 24.3 Å². The lowest BCUT2D eigenvalue weighted by molar-refractivity contribution is -0.153. The summed E-state index contributed by atoms with van der Waals surface area (Å²) in [4.78, 5) is 24.3. The summed E-state index contributed by atoms with van der Waals surface area (Å²) < 4.78 is 23.5. The van der Waals surface area contributed by atoms with Crippen molar-refractivity contribution in [2.45, 2.75) is 12.4 Å². The SMILES string of the molecule is O=C(c1ccc(F)cc1)[C@@H]1[C@@H]2C(=O)C3OCC(O3)[C@H]12. The largest absolute Gasteiger partial charge is 0.343 e. The second-order valence-corrected chi connectivity index (χ2v) is 5.24. The number of Topliss-reactive ketones (excluding diaryl/α,β-unsaturated/α-hetero) is 2. The summed E-state index contributed by atoms with van der Waals surface area (Å²) in [7, 11) is 0. The minimum Gasteiger partial charge on any atom is -0.343 e. The van der Waals surface area contributed by atoms with E-state index in [1.165, 1.54) is 24.3 Å². The van der Waals surface area contributed by atoms with Gasteiger partial charge in [-0.15, -0.1) is 0 Å². The summed E-state index contributed by atoms with van der Waals surface area (Å²) in [6.07, 6.45) is -0.931. The molecule has 0 spiro atoms. The maximum absolute atomic E-state index is 12.8. The van der Waals surface area contributed by atoms with Crippen LogP contribution in [0, 0.1) is 23.6 Å². The van der Waals surface area contributed by atoms with Crippen molar-refractivity contribution in [1.82, 2.24) is 0 Å². The maximum atomic E-state index is 12.8. The molecule has 1 aromatic carbocycles. The van der Waals surface area contributed by atoms with E-state index in [0.29, 0.717) is 12.2 Å². The van der Waals surface area contributed by atoms with Gasteiger partial charge in [0, 0.05) is 23.3 Å². The van der Waals surface area contributed by atoms with Crippen molar-refractivity contribution in [3.05, 3.63) is 35.6 Å². The molecule has 3 aliphatic rings. The van der Waals surface area contributed by atoms with Crippen LogP contribution in [-0.4, -0.2) is 30.6 Å². The highest BCUT2D eigenvalue weighted by Crippen LogP contribution is 2.57. The Hall–Kier alpha value is -1.59. The van der Waals surface area contributed by atoms with Gasteiger partial charge in [-0.3, -0.25) is 9.59 Å². The fourth-order valence-corrected chi connectivity index (χ4v) is 3.24. The van der Waals surface area contributed by atoms with Gasteiger partial charge < -0.3 is 9.47 Å². The van der Waals surface area contributed by atoms with Gasteiger partial charge in [0.15, 0.2) is 11.6 Å². The van der Waals surface area contributed by atoms with Crippen molar-refractivity contribution in [3.8, 4) is 0 Å². The molecule has 2 aliphatic heterocycles. The zero-order chi connectivity index (χ0) is 13.1. The van der Waals surface area contributed by atoms with Crippen molar-refractivity contribution >= 4 is 11.6 Å². The minimum absolute atomic E-state index is 0.0659. The smallest absolute Gasteiger partial charge is 0.218 e. The highest BCUT2D eigenvalue weighted by atomic mass is 19.1. The summed E-state index contributed by atoms with van der Waals surface area (Å²) in [6, 6.07) is 5.43. The number of fused-ring (bicyclic) bond motifs is 4. The predicted octanol–water partition coefficient (Wildman–Crippen LogP) is 1.19. The van der Waals surface area contributed by atoms with Crippen LogP contribution in [0.1, 0.15) is 10.4 Å². The average molecular weight is 262 g/mol. The molecule has 3 fully saturated rings. The molecule has 2 saturated heterocycles. The summed E-state index contributed by atoms with van der Waals surface area (Å²) in [5.74, 6) is -1.26. The van der Waals surface area contributed by atoms with Crippen LogP contribution < -0.4 is 0 Å². The van der Waals surface area contributed by atoms with Gasteiger partial charge in [0.2, 0.25) is 6.29 Å². The van der Waals surface area contributed by atoms with Crippen molar-refractivity contribution in [3.63, 3.8) is 0 Å². The summed E-state index contributed by atoms with van der Waals surface area (Å²) in [6.45, 7) is 0.380. The number of halogens is 1. The van der Waals surface area contributed by atoms with Gasteiger partial charge in [-0.1, -0.05) is 0 Å². The van der Waals surface area contributed by atoms with Crippen LogP contribution in [0.5, 0.6) is 0 Å². The third-order valence-corrected chi connectivity index (χ3v) is 4.21. The molecule has 0 N–H and O–H groups in total. The molecule has 2 bridgehead atoms. The zero-order valence-electron chi connectivity index (χ0n) is 9.91. The van der Waals surface area contributed by atoms with E-state index in [1.807, 2.05) is 0 Å². The molecule has 1 aromatic rings. The highest BCUT2D eigenvalue weighted by molar-refractivity contribution is 6.05. The van der Waals surface area contributed by atoms with Crippen molar-refractivity contribution in [2.75, 3.05) is 6.61 Å². The molecule has 4 rings (SSSR count). The molecule has 5 heteroatoms. The average Bonchev–Trinajstić information content (AvgIpc) is 3.02. The maximum Gasteiger partial charge on any atom is 0.218 e. The van der Waals surface area contributed by atoms with Crippen molar-refractivity contribution < 1.29 is 23.5 Å². The van der Waals surface area contributed by atoms with Crippen LogP contribution in [0.25, 0.3) is 0 Å². The van der Waals surface area contributed by atoms with Gasteiger partial charge in [0.1, 0.15) is 5.82 Å². The Kier molecular flexibility index (Phi) is 2.20. The van der Waals surface area contributed by atoms with Crippen LogP contribution in [0.3, 0.4) is 0 Å². The molecule has 2 heterocycles. The number of rotatable bonds is 2. The topological polar surface area (TPSA) is 52.6 Å². The van der Waals surface area contributed by atoms with Crippen LogP contribution in [0.4, 0.5) is 4.39 Å². The number of hydrogen-bond acceptors (Lipinski definition) is 4. The van der Waals surface area contributed by atoms with Gasteiger partial charge in [-0.2, -0.15) is 0 Å². The molecule has 5 atom stereocenters.